The summed E-state index contributed by atoms with van der Waals surface area (Å²) in [5.41, 5.74) is 0. The SMILES string of the molecule is CC(C)N(CCOc1ccc(F)cc1)C(=O)NCCN(C)C. The first-order valence-electron chi connectivity index (χ1n) is 7.47. The van der Waals surface area contributed by atoms with Gasteiger partial charge in [-0.2, -0.15) is 0 Å². The van der Waals surface area contributed by atoms with Crippen LogP contribution in [0.1, 0.15) is 13.8 Å². The van der Waals surface area contributed by atoms with Crippen molar-refractivity contribution in [3.8, 4) is 5.75 Å². The van der Waals surface area contributed by atoms with Crippen molar-refractivity contribution in [2.75, 3.05) is 40.3 Å². The van der Waals surface area contributed by atoms with Gasteiger partial charge >= 0.3 is 6.03 Å². The maximum Gasteiger partial charge on any atom is 0.317 e. The molecule has 1 aromatic carbocycles. The number of amides is 2. The van der Waals surface area contributed by atoms with Crippen molar-refractivity contribution >= 4 is 6.03 Å². The number of hydrogen-bond acceptors (Lipinski definition) is 3. The Morgan fingerprint density at radius 2 is 1.86 bits per heavy atom. The Morgan fingerprint density at radius 1 is 1.23 bits per heavy atom. The molecular formula is C16H26FN3O2. The van der Waals surface area contributed by atoms with Gasteiger partial charge in [0.05, 0.1) is 6.54 Å². The second-order valence-corrected chi connectivity index (χ2v) is 5.62. The fourth-order valence-corrected chi connectivity index (χ4v) is 1.87. The maximum atomic E-state index is 12.8. The van der Waals surface area contributed by atoms with E-state index in [1.807, 2.05) is 32.8 Å². The minimum absolute atomic E-state index is 0.0798. The summed E-state index contributed by atoms with van der Waals surface area (Å²) >= 11 is 0. The molecule has 5 nitrogen and oxygen atoms in total. The van der Waals surface area contributed by atoms with Crippen LogP contribution in [0.15, 0.2) is 24.3 Å². The van der Waals surface area contributed by atoms with Crippen molar-refractivity contribution < 1.29 is 13.9 Å². The predicted octanol–water partition coefficient (Wildman–Crippen LogP) is 2.19. The first-order valence-corrected chi connectivity index (χ1v) is 7.47. The van der Waals surface area contributed by atoms with Gasteiger partial charge in [-0.05, 0) is 52.2 Å². The molecule has 0 heterocycles. The molecule has 2 amide bonds. The molecule has 1 aromatic rings. The van der Waals surface area contributed by atoms with Crippen LogP contribution in [0, 0.1) is 5.82 Å². The molecule has 0 spiro atoms. The smallest absolute Gasteiger partial charge is 0.317 e. The molecule has 0 aliphatic carbocycles. The van der Waals surface area contributed by atoms with E-state index in [1.54, 1.807) is 17.0 Å². The fraction of sp³-hybridized carbons (Fsp3) is 0.562. The fourth-order valence-electron chi connectivity index (χ4n) is 1.87. The Morgan fingerprint density at radius 3 is 2.41 bits per heavy atom. The van der Waals surface area contributed by atoms with Gasteiger partial charge in [0.2, 0.25) is 0 Å². The van der Waals surface area contributed by atoms with Gasteiger partial charge in [-0.3, -0.25) is 0 Å². The number of urea groups is 1. The average molecular weight is 311 g/mol. The van der Waals surface area contributed by atoms with Gasteiger partial charge in [-0.25, -0.2) is 9.18 Å². The Balaban J connectivity index is 2.40. The molecule has 0 aliphatic rings. The van der Waals surface area contributed by atoms with Crippen molar-refractivity contribution in [3.05, 3.63) is 30.1 Å². The van der Waals surface area contributed by atoms with Gasteiger partial charge < -0.3 is 19.9 Å². The number of rotatable bonds is 8. The first-order chi connectivity index (χ1) is 10.4. The lowest BCUT2D eigenvalue weighted by atomic mass is 10.3. The lowest BCUT2D eigenvalue weighted by molar-refractivity contribution is 0.165. The van der Waals surface area contributed by atoms with E-state index in [2.05, 4.69) is 5.32 Å². The summed E-state index contributed by atoms with van der Waals surface area (Å²) in [4.78, 5) is 15.9. The highest BCUT2D eigenvalue weighted by Crippen LogP contribution is 2.11. The summed E-state index contributed by atoms with van der Waals surface area (Å²) in [5, 5.41) is 2.89. The summed E-state index contributed by atoms with van der Waals surface area (Å²) in [6.45, 7) is 6.16. The summed E-state index contributed by atoms with van der Waals surface area (Å²) < 4.78 is 18.3. The van der Waals surface area contributed by atoms with Gasteiger partial charge in [-0.15, -0.1) is 0 Å². The third-order valence-electron chi connectivity index (χ3n) is 3.13. The number of ether oxygens (including phenoxy) is 1. The van der Waals surface area contributed by atoms with E-state index >= 15 is 0 Å². The molecule has 0 aromatic heterocycles. The van der Waals surface area contributed by atoms with Crippen molar-refractivity contribution in [1.29, 1.82) is 0 Å². The van der Waals surface area contributed by atoms with Crippen molar-refractivity contribution in [2.24, 2.45) is 0 Å². The van der Waals surface area contributed by atoms with Gasteiger partial charge in [0, 0.05) is 19.1 Å². The zero-order chi connectivity index (χ0) is 16.5. The van der Waals surface area contributed by atoms with Gasteiger partial charge in [0.15, 0.2) is 0 Å². The number of likely N-dealkylation sites (N-methyl/N-ethyl adjacent to an activating group) is 1. The van der Waals surface area contributed by atoms with Gasteiger partial charge in [0.1, 0.15) is 18.2 Å². The van der Waals surface area contributed by atoms with Crippen LogP contribution in [0.5, 0.6) is 5.75 Å². The molecule has 0 saturated heterocycles. The lowest BCUT2D eigenvalue weighted by Crippen LogP contribution is -2.47. The number of hydrogen-bond donors (Lipinski definition) is 1. The predicted molar refractivity (Wildman–Crippen MR) is 85.7 cm³/mol. The van der Waals surface area contributed by atoms with Crippen LogP contribution in [0.3, 0.4) is 0 Å². The maximum absolute atomic E-state index is 12.8. The largest absolute Gasteiger partial charge is 0.492 e. The van der Waals surface area contributed by atoms with Gasteiger partial charge in [0.25, 0.3) is 0 Å². The van der Waals surface area contributed by atoms with E-state index in [4.69, 9.17) is 4.74 Å². The second kappa shape index (κ2) is 9.25. The van der Waals surface area contributed by atoms with Crippen molar-refractivity contribution in [1.82, 2.24) is 15.1 Å². The number of halogens is 1. The summed E-state index contributed by atoms with van der Waals surface area (Å²) in [6.07, 6.45) is 0. The summed E-state index contributed by atoms with van der Waals surface area (Å²) in [6, 6.07) is 5.83. The number of carbonyl (C=O) groups excluding carboxylic acids is 1. The standard InChI is InChI=1S/C16H26FN3O2/c1-13(2)20(16(21)18-9-10-19(3)4)11-12-22-15-7-5-14(17)6-8-15/h5-8,13H,9-12H2,1-4H3,(H,18,21). The summed E-state index contributed by atoms with van der Waals surface area (Å²) in [7, 11) is 3.92. The average Bonchev–Trinajstić information content (AvgIpc) is 2.44. The third kappa shape index (κ3) is 6.76. The van der Waals surface area contributed by atoms with E-state index in [0.717, 1.165) is 6.54 Å². The number of nitrogens with zero attached hydrogens (tertiary/aromatic N) is 2. The topological polar surface area (TPSA) is 44.8 Å². The van der Waals surface area contributed by atoms with Gasteiger partial charge in [-0.1, -0.05) is 0 Å². The molecule has 1 rings (SSSR count). The van der Waals surface area contributed by atoms with Crippen molar-refractivity contribution in [2.45, 2.75) is 19.9 Å². The Bertz CT molecular complexity index is 449. The molecule has 1 N–H and O–H groups in total. The molecule has 0 radical (unpaired) electrons. The molecule has 0 aliphatic heterocycles. The molecule has 6 heteroatoms. The number of benzene rings is 1. The molecule has 0 saturated carbocycles. The van der Waals surface area contributed by atoms with E-state index in [9.17, 15) is 9.18 Å². The monoisotopic (exact) mass is 311 g/mol. The molecule has 0 bridgehead atoms. The Labute approximate surface area is 132 Å². The Hall–Kier alpha value is -1.82. The third-order valence-corrected chi connectivity index (χ3v) is 3.13. The minimum Gasteiger partial charge on any atom is -0.492 e. The second-order valence-electron chi connectivity index (χ2n) is 5.62. The quantitative estimate of drug-likeness (QED) is 0.800. The summed E-state index contributed by atoms with van der Waals surface area (Å²) in [5.74, 6) is 0.301. The van der Waals surface area contributed by atoms with Crippen molar-refractivity contribution in [3.63, 3.8) is 0 Å². The minimum atomic E-state index is -0.295. The molecule has 0 fully saturated rings. The number of carbonyl (C=O) groups is 1. The highest BCUT2D eigenvalue weighted by Gasteiger charge is 2.16. The van der Waals surface area contributed by atoms with Crippen LogP contribution in [-0.2, 0) is 0 Å². The van der Waals surface area contributed by atoms with E-state index in [1.165, 1.54) is 12.1 Å². The number of nitrogens with one attached hydrogen (secondary N) is 1. The lowest BCUT2D eigenvalue weighted by Gasteiger charge is -2.27. The van der Waals surface area contributed by atoms with Crippen LogP contribution in [-0.4, -0.2) is 62.2 Å². The molecule has 0 atom stereocenters. The van der Waals surface area contributed by atoms with Crippen LogP contribution in [0.4, 0.5) is 9.18 Å². The van der Waals surface area contributed by atoms with Crippen LogP contribution >= 0.6 is 0 Å². The van der Waals surface area contributed by atoms with E-state index in [0.29, 0.717) is 25.4 Å². The highest BCUT2D eigenvalue weighted by molar-refractivity contribution is 5.74. The zero-order valence-corrected chi connectivity index (χ0v) is 13.8. The highest BCUT2D eigenvalue weighted by atomic mass is 19.1. The normalized spacial score (nSPS) is 10.9. The molecular weight excluding hydrogens is 285 g/mol. The molecule has 124 valence electrons. The first kappa shape index (κ1) is 18.2. The van der Waals surface area contributed by atoms with Crippen LogP contribution in [0.25, 0.3) is 0 Å². The molecule has 0 unspecified atom stereocenters. The van der Waals surface area contributed by atoms with E-state index in [-0.39, 0.29) is 17.9 Å². The van der Waals surface area contributed by atoms with Crippen LogP contribution in [0.2, 0.25) is 0 Å². The molecule has 22 heavy (non-hydrogen) atoms. The van der Waals surface area contributed by atoms with E-state index < -0.39 is 0 Å². The zero-order valence-electron chi connectivity index (χ0n) is 13.8. The van der Waals surface area contributed by atoms with Crippen LogP contribution < -0.4 is 10.1 Å². The Kier molecular flexibility index (Phi) is 7.66.